The number of carbonyl (C=O) groups is 1. The molecule has 1 atom stereocenters. The molecule has 3 N–H and O–H groups in total. The van der Waals surface area contributed by atoms with Crippen LogP contribution in [0.25, 0.3) is 0 Å². The van der Waals surface area contributed by atoms with Crippen molar-refractivity contribution in [3.63, 3.8) is 0 Å². The summed E-state index contributed by atoms with van der Waals surface area (Å²) in [5.41, 5.74) is 6.91. The molecule has 1 aromatic rings. The van der Waals surface area contributed by atoms with Crippen LogP contribution in [0.4, 0.5) is 5.69 Å². The fourth-order valence-electron chi connectivity index (χ4n) is 2.42. The van der Waals surface area contributed by atoms with E-state index in [0.29, 0.717) is 11.3 Å². The third-order valence-electron chi connectivity index (χ3n) is 3.34. The Balaban J connectivity index is 1.94. The van der Waals surface area contributed by atoms with Gasteiger partial charge in [0.05, 0.1) is 5.56 Å². The predicted molar refractivity (Wildman–Crippen MR) is 81.2 cm³/mol. The van der Waals surface area contributed by atoms with Crippen molar-refractivity contribution in [1.82, 2.24) is 10.2 Å². The van der Waals surface area contributed by atoms with Gasteiger partial charge in [-0.3, -0.25) is 4.79 Å². The van der Waals surface area contributed by atoms with Crippen LogP contribution in [-0.2, 0) is 0 Å². The van der Waals surface area contributed by atoms with Gasteiger partial charge in [0.25, 0.3) is 5.91 Å². The van der Waals surface area contributed by atoms with Crippen molar-refractivity contribution in [1.29, 1.82) is 0 Å². The lowest BCUT2D eigenvalue weighted by molar-refractivity contribution is 0.0931. The van der Waals surface area contributed by atoms with E-state index in [1.807, 2.05) is 6.92 Å². The summed E-state index contributed by atoms with van der Waals surface area (Å²) in [5.74, 6) is -0.0779. The molecule has 0 spiro atoms. The maximum absolute atomic E-state index is 12.2. The van der Waals surface area contributed by atoms with E-state index in [0.717, 1.165) is 24.1 Å². The summed E-state index contributed by atoms with van der Waals surface area (Å²) in [6.45, 7) is 5.23. The largest absolute Gasteiger partial charge is 0.399 e. The zero-order chi connectivity index (χ0) is 13.8. The van der Waals surface area contributed by atoms with Gasteiger partial charge in [-0.15, -0.1) is 0 Å². The Kier molecular flexibility index (Phi) is 4.82. The number of carbonyl (C=O) groups excluding carboxylic acids is 1. The van der Waals surface area contributed by atoms with Crippen LogP contribution in [0.2, 0.25) is 0 Å². The Hall–Kier alpha value is -1.07. The molecule has 1 aromatic carbocycles. The van der Waals surface area contributed by atoms with Gasteiger partial charge in [-0.05, 0) is 67.0 Å². The molecule has 1 saturated heterocycles. The van der Waals surface area contributed by atoms with Gasteiger partial charge >= 0.3 is 0 Å². The maximum atomic E-state index is 12.2. The lowest BCUT2D eigenvalue weighted by atomic mass is 10.1. The van der Waals surface area contributed by atoms with Gasteiger partial charge in [-0.1, -0.05) is 0 Å². The molecule has 1 aliphatic rings. The normalized spacial score (nSPS) is 17.4. The first kappa shape index (κ1) is 14.3. The van der Waals surface area contributed by atoms with Crippen LogP contribution in [0.1, 0.15) is 30.1 Å². The maximum Gasteiger partial charge on any atom is 0.252 e. The number of hydrogen-bond acceptors (Lipinski definition) is 3. The molecule has 1 amide bonds. The molecule has 2 rings (SSSR count). The molecule has 1 heterocycles. The summed E-state index contributed by atoms with van der Waals surface area (Å²) < 4.78 is 0.771. The number of rotatable bonds is 4. The van der Waals surface area contributed by atoms with Gasteiger partial charge in [0.1, 0.15) is 0 Å². The van der Waals surface area contributed by atoms with Crippen LogP contribution in [0.3, 0.4) is 0 Å². The molecule has 19 heavy (non-hydrogen) atoms. The molecule has 5 heteroatoms. The minimum atomic E-state index is -0.0779. The van der Waals surface area contributed by atoms with E-state index in [-0.39, 0.29) is 11.9 Å². The zero-order valence-electron chi connectivity index (χ0n) is 11.2. The van der Waals surface area contributed by atoms with Crippen molar-refractivity contribution in [3.05, 3.63) is 28.2 Å². The molecular weight excluding hydrogens is 306 g/mol. The van der Waals surface area contributed by atoms with E-state index in [9.17, 15) is 4.79 Å². The summed E-state index contributed by atoms with van der Waals surface area (Å²) in [4.78, 5) is 14.6. The molecule has 0 aliphatic carbocycles. The van der Waals surface area contributed by atoms with E-state index in [2.05, 4.69) is 26.1 Å². The Morgan fingerprint density at radius 1 is 1.47 bits per heavy atom. The number of nitrogens with zero attached hydrogens (tertiary/aromatic N) is 1. The van der Waals surface area contributed by atoms with Crippen molar-refractivity contribution < 1.29 is 4.79 Å². The highest BCUT2D eigenvalue weighted by Gasteiger charge is 2.17. The van der Waals surface area contributed by atoms with Gasteiger partial charge in [-0.2, -0.15) is 0 Å². The molecule has 4 nitrogen and oxygen atoms in total. The molecule has 0 bridgehead atoms. The van der Waals surface area contributed by atoms with Gasteiger partial charge in [0, 0.05) is 22.7 Å². The predicted octanol–water partition coefficient (Wildman–Crippen LogP) is 2.25. The molecule has 1 fully saturated rings. The van der Waals surface area contributed by atoms with E-state index in [1.165, 1.54) is 12.8 Å². The first-order valence-electron chi connectivity index (χ1n) is 6.64. The minimum absolute atomic E-state index is 0.0779. The highest BCUT2D eigenvalue weighted by Crippen LogP contribution is 2.19. The molecule has 104 valence electrons. The second-order valence-corrected chi connectivity index (χ2v) is 5.98. The average molecular weight is 326 g/mol. The van der Waals surface area contributed by atoms with Crippen LogP contribution >= 0.6 is 15.9 Å². The van der Waals surface area contributed by atoms with Crippen LogP contribution in [0.15, 0.2) is 22.7 Å². The summed E-state index contributed by atoms with van der Waals surface area (Å²) in [6, 6.07) is 5.41. The fraction of sp³-hybridized carbons (Fsp3) is 0.500. The number of hydrogen-bond donors (Lipinski definition) is 2. The van der Waals surface area contributed by atoms with Crippen molar-refractivity contribution in [2.45, 2.75) is 25.8 Å². The first-order chi connectivity index (χ1) is 9.06. The van der Waals surface area contributed by atoms with Crippen LogP contribution in [-0.4, -0.2) is 36.5 Å². The van der Waals surface area contributed by atoms with E-state index in [4.69, 9.17) is 5.73 Å². The molecule has 0 saturated carbocycles. The summed E-state index contributed by atoms with van der Waals surface area (Å²) >= 11 is 3.38. The Morgan fingerprint density at radius 2 is 2.16 bits per heavy atom. The quantitative estimate of drug-likeness (QED) is 0.835. The zero-order valence-corrected chi connectivity index (χ0v) is 12.7. The average Bonchev–Trinajstić information content (AvgIpc) is 2.84. The smallest absolute Gasteiger partial charge is 0.252 e. The Bertz CT molecular complexity index is 458. The molecular formula is C14H20BrN3O. The SMILES string of the molecule is CC(CN1CCCC1)NC(=O)c1cc(N)ccc1Br. The van der Waals surface area contributed by atoms with Crippen molar-refractivity contribution in [3.8, 4) is 0 Å². The number of benzene rings is 1. The van der Waals surface area contributed by atoms with Crippen LogP contribution < -0.4 is 11.1 Å². The third kappa shape index (κ3) is 3.94. The van der Waals surface area contributed by atoms with Crippen molar-refractivity contribution in [2.75, 3.05) is 25.4 Å². The van der Waals surface area contributed by atoms with Crippen LogP contribution in [0.5, 0.6) is 0 Å². The Morgan fingerprint density at radius 3 is 2.84 bits per heavy atom. The summed E-state index contributed by atoms with van der Waals surface area (Å²) in [7, 11) is 0. The monoisotopic (exact) mass is 325 g/mol. The lowest BCUT2D eigenvalue weighted by Gasteiger charge is -2.21. The fourth-order valence-corrected chi connectivity index (χ4v) is 2.84. The second kappa shape index (κ2) is 6.39. The number of nitrogens with two attached hydrogens (primary N) is 1. The second-order valence-electron chi connectivity index (χ2n) is 5.12. The van der Waals surface area contributed by atoms with E-state index in [1.54, 1.807) is 18.2 Å². The molecule has 0 aromatic heterocycles. The Labute approximate surface area is 122 Å². The van der Waals surface area contributed by atoms with E-state index < -0.39 is 0 Å². The minimum Gasteiger partial charge on any atom is -0.399 e. The number of amides is 1. The number of likely N-dealkylation sites (tertiary alicyclic amines) is 1. The number of halogens is 1. The topological polar surface area (TPSA) is 58.4 Å². The standard InChI is InChI=1S/C14H20BrN3O/c1-10(9-18-6-2-3-7-18)17-14(19)12-8-11(16)4-5-13(12)15/h4-5,8,10H,2-3,6-7,9,16H2,1H3,(H,17,19). The van der Waals surface area contributed by atoms with Crippen molar-refractivity contribution >= 4 is 27.5 Å². The third-order valence-corrected chi connectivity index (χ3v) is 4.03. The summed E-state index contributed by atoms with van der Waals surface area (Å²) in [6.07, 6.45) is 2.53. The number of nitrogens with one attached hydrogen (secondary N) is 1. The highest BCUT2D eigenvalue weighted by molar-refractivity contribution is 9.10. The van der Waals surface area contributed by atoms with E-state index >= 15 is 0 Å². The molecule has 0 radical (unpaired) electrons. The molecule has 1 aliphatic heterocycles. The van der Waals surface area contributed by atoms with Crippen molar-refractivity contribution in [2.24, 2.45) is 0 Å². The molecule has 1 unspecified atom stereocenters. The number of nitrogen functional groups attached to an aromatic ring is 1. The van der Waals surface area contributed by atoms with Gasteiger partial charge in [0.15, 0.2) is 0 Å². The van der Waals surface area contributed by atoms with Gasteiger partial charge in [0.2, 0.25) is 0 Å². The number of anilines is 1. The highest BCUT2D eigenvalue weighted by atomic mass is 79.9. The van der Waals surface area contributed by atoms with Gasteiger partial charge < -0.3 is 16.0 Å². The van der Waals surface area contributed by atoms with Crippen LogP contribution in [0, 0.1) is 0 Å². The lowest BCUT2D eigenvalue weighted by Crippen LogP contribution is -2.41. The van der Waals surface area contributed by atoms with Gasteiger partial charge in [-0.25, -0.2) is 0 Å². The summed E-state index contributed by atoms with van der Waals surface area (Å²) in [5, 5.41) is 3.02. The first-order valence-corrected chi connectivity index (χ1v) is 7.44.